The maximum atomic E-state index is 12.3. The molecule has 0 aliphatic carbocycles. The Kier molecular flexibility index (Phi) is 4.44. The van der Waals surface area contributed by atoms with E-state index in [2.05, 4.69) is 16.4 Å². The van der Waals surface area contributed by atoms with E-state index in [0.29, 0.717) is 17.7 Å². The van der Waals surface area contributed by atoms with Crippen LogP contribution in [0.25, 0.3) is 10.9 Å². The van der Waals surface area contributed by atoms with Gasteiger partial charge in [0.25, 0.3) is 5.91 Å². The third-order valence-corrected chi connectivity index (χ3v) is 4.04. The predicted molar refractivity (Wildman–Crippen MR) is 91.4 cm³/mol. The molecule has 0 saturated heterocycles. The molecule has 0 bridgehead atoms. The highest BCUT2D eigenvalue weighted by Crippen LogP contribution is 2.18. The number of aryl methyl sites for hydroxylation is 1. The van der Waals surface area contributed by atoms with Crippen molar-refractivity contribution in [2.24, 2.45) is 0 Å². The molecular weight excluding hydrogens is 288 g/mol. The second kappa shape index (κ2) is 6.67. The Morgan fingerprint density at radius 2 is 2.00 bits per heavy atom. The number of aromatic amines is 1. The van der Waals surface area contributed by atoms with Crippen molar-refractivity contribution in [1.82, 2.24) is 10.3 Å². The first-order valence-electron chi connectivity index (χ1n) is 7.72. The van der Waals surface area contributed by atoms with Gasteiger partial charge in [-0.1, -0.05) is 35.9 Å². The maximum absolute atomic E-state index is 12.3. The smallest absolute Gasteiger partial charge is 0.251 e. The summed E-state index contributed by atoms with van der Waals surface area (Å²) in [6.07, 6.45) is 2.75. The number of nitrogens with one attached hydrogen (secondary N) is 2. The number of carbonyl (C=O) groups excluding carboxylic acids is 1. The molecule has 1 aromatic heterocycles. The Balaban J connectivity index is 1.67. The number of benzene rings is 2. The first-order chi connectivity index (χ1) is 11.2. The number of carbonyl (C=O) groups is 1. The molecule has 118 valence electrons. The average molecular weight is 308 g/mol. The maximum Gasteiger partial charge on any atom is 0.251 e. The summed E-state index contributed by atoms with van der Waals surface area (Å²) in [6, 6.07) is 13.6. The standard InChI is InChI=1S/C19H20N2O2/c1-13-6-7-15(12-22)17(10-13)19(23)20-9-8-14-11-21-18-5-3-2-4-16(14)18/h2-7,10-11,21-22H,8-9,12H2,1H3,(H,20,23). The van der Waals surface area contributed by atoms with E-state index in [0.717, 1.165) is 17.5 Å². The van der Waals surface area contributed by atoms with Crippen LogP contribution in [0.4, 0.5) is 0 Å². The zero-order valence-corrected chi connectivity index (χ0v) is 13.1. The monoisotopic (exact) mass is 308 g/mol. The Labute approximate surface area is 135 Å². The minimum absolute atomic E-state index is 0.133. The molecule has 0 aliphatic heterocycles. The molecule has 3 N–H and O–H groups in total. The fourth-order valence-electron chi connectivity index (χ4n) is 2.78. The molecule has 3 aromatic rings. The summed E-state index contributed by atoms with van der Waals surface area (Å²) >= 11 is 0. The lowest BCUT2D eigenvalue weighted by Crippen LogP contribution is -2.26. The van der Waals surface area contributed by atoms with Crippen LogP contribution in [0.15, 0.2) is 48.7 Å². The number of para-hydroxylation sites is 1. The molecule has 0 saturated carbocycles. The van der Waals surface area contributed by atoms with Gasteiger partial charge in [-0.3, -0.25) is 4.79 Å². The fourth-order valence-corrected chi connectivity index (χ4v) is 2.78. The summed E-state index contributed by atoms with van der Waals surface area (Å²) in [4.78, 5) is 15.6. The molecule has 0 unspecified atom stereocenters. The van der Waals surface area contributed by atoms with Crippen molar-refractivity contribution < 1.29 is 9.90 Å². The predicted octanol–water partition coefficient (Wildman–Crippen LogP) is 2.94. The summed E-state index contributed by atoms with van der Waals surface area (Å²) in [5, 5.41) is 13.5. The van der Waals surface area contributed by atoms with E-state index in [1.807, 2.05) is 43.5 Å². The Morgan fingerprint density at radius 3 is 2.83 bits per heavy atom. The first kappa shape index (κ1) is 15.3. The van der Waals surface area contributed by atoms with Gasteiger partial charge in [-0.15, -0.1) is 0 Å². The molecule has 3 rings (SSSR count). The number of hydrogen-bond acceptors (Lipinski definition) is 2. The molecule has 0 aliphatic rings. The van der Waals surface area contributed by atoms with Gasteiger partial charge in [0.2, 0.25) is 0 Å². The number of aliphatic hydroxyl groups is 1. The molecule has 1 heterocycles. The lowest BCUT2D eigenvalue weighted by atomic mass is 10.0. The van der Waals surface area contributed by atoms with Gasteiger partial charge < -0.3 is 15.4 Å². The van der Waals surface area contributed by atoms with Crippen molar-refractivity contribution in [2.75, 3.05) is 6.54 Å². The van der Waals surface area contributed by atoms with Crippen LogP contribution in [0, 0.1) is 6.92 Å². The van der Waals surface area contributed by atoms with Gasteiger partial charge in [-0.25, -0.2) is 0 Å². The van der Waals surface area contributed by atoms with Crippen molar-refractivity contribution in [1.29, 1.82) is 0 Å². The summed E-state index contributed by atoms with van der Waals surface area (Å²) in [5.74, 6) is -0.141. The minimum atomic E-state index is -0.141. The number of H-pyrrole nitrogens is 1. The van der Waals surface area contributed by atoms with E-state index in [1.54, 1.807) is 6.07 Å². The van der Waals surface area contributed by atoms with Crippen LogP contribution in [0.5, 0.6) is 0 Å². The topological polar surface area (TPSA) is 65.1 Å². The number of aliphatic hydroxyl groups excluding tert-OH is 1. The SMILES string of the molecule is Cc1ccc(CO)c(C(=O)NCCc2c[nH]c3ccccc23)c1. The zero-order chi connectivity index (χ0) is 16.2. The van der Waals surface area contributed by atoms with E-state index in [9.17, 15) is 9.90 Å². The average Bonchev–Trinajstić information content (AvgIpc) is 2.98. The Morgan fingerprint density at radius 1 is 1.17 bits per heavy atom. The van der Waals surface area contributed by atoms with Crippen molar-refractivity contribution in [3.8, 4) is 0 Å². The fraction of sp³-hybridized carbons (Fsp3) is 0.211. The number of fused-ring (bicyclic) bond motifs is 1. The van der Waals surface area contributed by atoms with E-state index < -0.39 is 0 Å². The van der Waals surface area contributed by atoms with Crippen molar-refractivity contribution >= 4 is 16.8 Å². The highest BCUT2D eigenvalue weighted by Gasteiger charge is 2.11. The first-order valence-corrected chi connectivity index (χ1v) is 7.72. The Hall–Kier alpha value is -2.59. The second-order valence-electron chi connectivity index (χ2n) is 5.68. The quantitative estimate of drug-likeness (QED) is 0.678. The zero-order valence-electron chi connectivity index (χ0n) is 13.1. The molecular formula is C19H20N2O2. The molecule has 0 radical (unpaired) electrons. The van der Waals surface area contributed by atoms with Crippen LogP contribution < -0.4 is 5.32 Å². The highest BCUT2D eigenvalue weighted by atomic mass is 16.3. The van der Waals surface area contributed by atoms with Gasteiger partial charge in [0.05, 0.1) is 6.61 Å². The van der Waals surface area contributed by atoms with Crippen LogP contribution in [0.1, 0.15) is 27.0 Å². The third-order valence-electron chi connectivity index (χ3n) is 4.04. The lowest BCUT2D eigenvalue weighted by Gasteiger charge is -2.09. The van der Waals surface area contributed by atoms with E-state index in [-0.39, 0.29) is 12.5 Å². The summed E-state index contributed by atoms with van der Waals surface area (Å²) in [6.45, 7) is 2.36. The van der Waals surface area contributed by atoms with E-state index >= 15 is 0 Å². The minimum Gasteiger partial charge on any atom is -0.392 e. The van der Waals surface area contributed by atoms with E-state index in [4.69, 9.17) is 0 Å². The number of hydrogen-bond donors (Lipinski definition) is 3. The van der Waals surface area contributed by atoms with Gasteiger partial charge >= 0.3 is 0 Å². The largest absolute Gasteiger partial charge is 0.392 e. The third kappa shape index (κ3) is 3.27. The van der Waals surface area contributed by atoms with E-state index in [1.165, 1.54) is 10.9 Å². The van der Waals surface area contributed by atoms with Gasteiger partial charge in [-0.05, 0) is 36.6 Å². The molecule has 4 nitrogen and oxygen atoms in total. The Bertz CT molecular complexity index is 836. The summed E-state index contributed by atoms with van der Waals surface area (Å²) in [7, 11) is 0. The number of rotatable bonds is 5. The van der Waals surface area contributed by atoms with Crippen molar-refractivity contribution in [2.45, 2.75) is 20.0 Å². The number of amides is 1. The molecule has 0 spiro atoms. The van der Waals surface area contributed by atoms with Crippen LogP contribution >= 0.6 is 0 Å². The lowest BCUT2D eigenvalue weighted by molar-refractivity contribution is 0.0951. The molecule has 1 amide bonds. The van der Waals surface area contributed by atoms with Gasteiger partial charge in [0, 0.05) is 29.2 Å². The van der Waals surface area contributed by atoms with Crippen LogP contribution in [-0.2, 0) is 13.0 Å². The normalized spacial score (nSPS) is 10.9. The second-order valence-corrected chi connectivity index (χ2v) is 5.68. The number of aromatic nitrogens is 1. The van der Waals surface area contributed by atoms with Gasteiger partial charge in [0.1, 0.15) is 0 Å². The van der Waals surface area contributed by atoms with Crippen LogP contribution in [0.2, 0.25) is 0 Å². The van der Waals surface area contributed by atoms with Crippen LogP contribution in [0.3, 0.4) is 0 Å². The summed E-state index contributed by atoms with van der Waals surface area (Å²) < 4.78 is 0. The summed E-state index contributed by atoms with van der Waals surface area (Å²) in [5.41, 5.74) is 4.50. The molecule has 23 heavy (non-hydrogen) atoms. The van der Waals surface area contributed by atoms with Crippen LogP contribution in [-0.4, -0.2) is 22.5 Å². The molecule has 0 fully saturated rings. The van der Waals surface area contributed by atoms with Crippen molar-refractivity contribution in [3.05, 3.63) is 70.9 Å². The van der Waals surface area contributed by atoms with Gasteiger partial charge in [-0.2, -0.15) is 0 Å². The molecule has 4 heteroatoms. The molecule has 2 aromatic carbocycles. The van der Waals surface area contributed by atoms with Gasteiger partial charge in [0.15, 0.2) is 0 Å². The highest BCUT2D eigenvalue weighted by molar-refractivity contribution is 5.95. The molecule has 0 atom stereocenters. The van der Waals surface area contributed by atoms with Crippen molar-refractivity contribution in [3.63, 3.8) is 0 Å².